The predicted molar refractivity (Wildman–Crippen MR) is 75.2 cm³/mol. The van der Waals surface area contributed by atoms with E-state index in [0.717, 1.165) is 6.07 Å². The van der Waals surface area contributed by atoms with E-state index in [0.29, 0.717) is 17.2 Å². The number of aromatic amines is 2. The lowest BCUT2D eigenvalue weighted by Gasteiger charge is -2.10. The summed E-state index contributed by atoms with van der Waals surface area (Å²) in [6.45, 7) is 0. The van der Waals surface area contributed by atoms with E-state index in [4.69, 9.17) is 9.47 Å². The molecule has 0 bridgehead atoms. The van der Waals surface area contributed by atoms with Crippen LogP contribution in [0.5, 0.6) is 11.5 Å². The first kappa shape index (κ1) is 14.4. The Morgan fingerprint density at radius 1 is 1.05 bits per heavy atom. The number of anilines is 1. The van der Waals surface area contributed by atoms with Gasteiger partial charge in [0, 0.05) is 17.8 Å². The van der Waals surface area contributed by atoms with Gasteiger partial charge in [0.25, 0.3) is 11.5 Å². The third kappa shape index (κ3) is 3.30. The van der Waals surface area contributed by atoms with Gasteiger partial charge in [-0.1, -0.05) is 0 Å². The van der Waals surface area contributed by atoms with Gasteiger partial charge < -0.3 is 19.8 Å². The maximum atomic E-state index is 12.0. The fraction of sp³-hybridized carbons (Fsp3) is 0.154. The van der Waals surface area contributed by atoms with E-state index in [2.05, 4.69) is 10.3 Å². The van der Waals surface area contributed by atoms with Gasteiger partial charge in [-0.25, -0.2) is 4.79 Å². The van der Waals surface area contributed by atoms with E-state index in [1.54, 1.807) is 18.2 Å². The Balaban J connectivity index is 2.27. The second-order valence-corrected chi connectivity index (χ2v) is 4.03. The van der Waals surface area contributed by atoms with E-state index in [1.165, 1.54) is 14.2 Å². The maximum Gasteiger partial charge on any atom is 0.326 e. The summed E-state index contributed by atoms with van der Waals surface area (Å²) in [4.78, 5) is 38.5. The highest BCUT2D eigenvalue weighted by atomic mass is 16.5. The van der Waals surface area contributed by atoms with Gasteiger partial charge in [-0.05, 0) is 12.1 Å². The first-order valence-corrected chi connectivity index (χ1v) is 5.90. The van der Waals surface area contributed by atoms with Crippen LogP contribution >= 0.6 is 0 Å². The first-order chi connectivity index (χ1) is 10.0. The molecule has 2 aromatic rings. The first-order valence-electron chi connectivity index (χ1n) is 5.90. The lowest BCUT2D eigenvalue weighted by Crippen LogP contribution is -2.27. The number of amides is 1. The Morgan fingerprint density at radius 3 is 2.38 bits per heavy atom. The smallest absolute Gasteiger partial charge is 0.326 e. The summed E-state index contributed by atoms with van der Waals surface area (Å²) in [5.41, 5.74) is -1.12. The van der Waals surface area contributed by atoms with Gasteiger partial charge >= 0.3 is 5.69 Å². The minimum atomic E-state index is -0.750. The monoisotopic (exact) mass is 291 g/mol. The lowest BCUT2D eigenvalue weighted by molar-refractivity contribution is 0.102. The van der Waals surface area contributed by atoms with Gasteiger partial charge in [0.1, 0.15) is 5.69 Å². The topological polar surface area (TPSA) is 113 Å². The average Bonchev–Trinajstić information content (AvgIpc) is 2.46. The van der Waals surface area contributed by atoms with Crippen LogP contribution in [-0.2, 0) is 0 Å². The summed E-state index contributed by atoms with van der Waals surface area (Å²) < 4.78 is 10.2. The number of hydrogen-bond donors (Lipinski definition) is 3. The van der Waals surface area contributed by atoms with Crippen molar-refractivity contribution in [2.75, 3.05) is 19.5 Å². The molecular weight excluding hydrogens is 278 g/mol. The molecule has 1 amide bonds. The number of benzene rings is 1. The Morgan fingerprint density at radius 2 is 1.76 bits per heavy atom. The standard InChI is InChI=1S/C13H13N3O5/c1-20-9-4-3-7(5-10(9)21-2)14-12(18)8-6-11(17)16-13(19)15-8/h3-6H,1-2H3,(H,14,18)(H2,15,16,17,19). The van der Waals surface area contributed by atoms with Crippen molar-refractivity contribution in [3.05, 3.63) is 50.8 Å². The van der Waals surface area contributed by atoms with Crippen molar-refractivity contribution in [3.8, 4) is 11.5 Å². The highest BCUT2D eigenvalue weighted by molar-refractivity contribution is 6.02. The molecule has 8 nitrogen and oxygen atoms in total. The number of nitrogens with one attached hydrogen (secondary N) is 3. The van der Waals surface area contributed by atoms with Crippen LogP contribution in [0.4, 0.5) is 5.69 Å². The fourth-order valence-corrected chi connectivity index (χ4v) is 1.70. The quantitative estimate of drug-likeness (QED) is 0.751. The van der Waals surface area contributed by atoms with Gasteiger partial charge in [0.15, 0.2) is 11.5 Å². The Bertz CT molecular complexity index is 750. The molecule has 2 rings (SSSR count). The van der Waals surface area contributed by atoms with Crippen molar-refractivity contribution in [1.82, 2.24) is 9.97 Å². The summed E-state index contributed by atoms with van der Waals surface area (Å²) >= 11 is 0. The van der Waals surface area contributed by atoms with Crippen LogP contribution in [0.1, 0.15) is 10.5 Å². The normalized spacial score (nSPS) is 10.0. The Labute approximate surface area is 118 Å². The van der Waals surface area contributed by atoms with Crippen molar-refractivity contribution >= 4 is 11.6 Å². The van der Waals surface area contributed by atoms with Gasteiger partial charge in [-0.2, -0.15) is 0 Å². The number of hydrogen-bond acceptors (Lipinski definition) is 5. The zero-order valence-corrected chi connectivity index (χ0v) is 11.4. The van der Waals surface area contributed by atoms with Crippen molar-refractivity contribution < 1.29 is 14.3 Å². The van der Waals surface area contributed by atoms with Gasteiger partial charge in [-0.15, -0.1) is 0 Å². The van der Waals surface area contributed by atoms with Gasteiger partial charge in [0.2, 0.25) is 0 Å². The number of aromatic nitrogens is 2. The van der Waals surface area contributed by atoms with Crippen LogP contribution in [0.15, 0.2) is 33.9 Å². The third-order valence-corrected chi connectivity index (χ3v) is 2.65. The summed E-state index contributed by atoms with van der Waals surface area (Å²) in [7, 11) is 2.97. The molecule has 0 saturated carbocycles. The molecule has 8 heteroatoms. The number of rotatable bonds is 4. The molecule has 0 fully saturated rings. The highest BCUT2D eigenvalue weighted by Crippen LogP contribution is 2.29. The number of ether oxygens (including phenoxy) is 2. The minimum absolute atomic E-state index is 0.140. The van der Waals surface area contributed by atoms with Crippen molar-refractivity contribution in [2.24, 2.45) is 0 Å². The van der Waals surface area contributed by atoms with E-state index in [9.17, 15) is 14.4 Å². The average molecular weight is 291 g/mol. The molecule has 0 aliphatic heterocycles. The molecule has 0 unspecified atom stereocenters. The van der Waals surface area contributed by atoms with Crippen LogP contribution in [0.25, 0.3) is 0 Å². The van der Waals surface area contributed by atoms with E-state index >= 15 is 0 Å². The molecule has 0 aliphatic rings. The van der Waals surface area contributed by atoms with E-state index in [-0.39, 0.29) is 5.69 Å². The molecule has 0 atom stereocenters. The molecule has 110 valence electrons. The van der Waals surface area contributed by atoms with Gasteiger partial charge in [-0.3, -0.25) is 14.6 Å². The van der Waals surface area contributed by atoms with Gasteiger partial charge in [0.05, 0.1) is 14.2 Å². The molecule has 3 N–H and O–H groups in total. The van der Waals surface area contributed by atoms with Crippen LogP contribution in [0.2, 0.25) is 0 Å². The molecule has 0 spiro atoms. The molecule has 21 heavy (non-hydrogen) atoms. The number of carbonyl (C=O) groups excluding carboxylic acids is 1. The van der Waals surface area contributed by atoms with Crippen LogP contribution in [-0.4, -0.2) is 30.1 Å². The summed E-state index contributed by atoms with van der Waals surface area (Å²) in [5, 5.41) is 2.54. The Kier molecular flexibility index (Phi) is 4.07. The van der Waals surface area contributed by atoms with Crippen LogP contribution in [0.3, 0.4) is 0 Å². The van der Waals surface area contributed by atoms with Crippen LogP contribution in [0, 0.1) is 0 Å². The number of methoxy groups -OCH3 is 2. The second kappa shape index (κ2) is 5.95. The highest BCUT2D eigenvalue weighted by Gasteiger charge is 2.10. The molecular formula is C13H13N3O5. The molecule has 1 aromatic carbocycles. The molecule has 0 saturated heterocycles. The second-order valence-electron chi connectivity index (χ2n) is 4.03. The minimum Gasteiger partial charge on any atom is -0.493 e. The lowest BCUT2D eigenvalue weighted by atomic mass is 10.2. The Hall–Kier alpha value is -3.03. The fourth-order valence-electron chi connectivity index (χ4n) is 1.70. The summed E-state index contributed by atoms with van der Waals surface area (Å²) in [5.74, 6) is 0.334. The molecule has 0 aliphatic carbocycles. The molecule has 0 radical (unpaired) electrons. The SMILES string of the molecule is COc1ccc(NC(=O)c2cc(=O)[nH]c(=O)[nH]2)cc1OC. The third-order valence-electron chi connectivity index (χ3n) is 2.65. The van der Waals surface area contributed by atoms with Crippen LogP contribution < -0.4 is 26.0 Å². The molecule has 1 heterocycles. The molecule has 1 aromatic heterocycles. The van der Waals surface area contributed by atoms with Crippen molar-refractivity contribution in [2.45, 2.75) is 0 Å². The summed E-state index contributed by atoms with van der Waals surface area (Å²) in [6.07, 6.45) is 0. The largest absolute Gasteiger partial charge is 0.493 e. The van der Waals surface area contributed by atoms with E-state index < -0.39 is 17.2 Å². The maximum absolute atomic E-state index is 12.0. The van der Waals surface area contributed by atoms with E-state index in [1.807, 2.05) is 4.98 Å². The zero-order valence-electron chi connectivity index (χ0n) is 11.4. The zero-order chi connectivity index (χ0) is 15.4. The number of carbonyl (C=O) groups is 1. The number of H-pyrrole nitrogens is 2. The summed E-state index contributed by atoms with van der Waals surface area (Å²) in [6, 6.07) is 5.78. The predicted octanol–water partition coefficient (Wildman–Crippen LogP) is 0.333. The van der Waals surface area contributed by atoms with Crippen molar-refractivity contribution in [3.63, 3.8) is 0 Å². The van der Waals surface area contributed by atoms with Crippen molar-refractivity contribution in [1.29, 1.82) is 0 Å².